The summed E-state index contributed by atoms with van der Waals surface area (Å²) >= 11 is 0. The van der Waals surface area contributed by atoms with Crippen LogP contribution in [0.4, 0.5) is 5.82 Å². The van der Waals surface area contributed by atoms with Crippen LogP contribution < -0.4 is 4.90 Å². The fourth-order valence-electron chi connectivity index (χ4n) is 4.06. The summed E-state index contributed by atoms with van der Waals surface area (Å²) in [5.74, 6) is 1.86. The van der Waals surface area contributed by atoms with Gasteiger partial charge in [0.05, 0.1) is 5.56 Å². The summed E-state index contributed by atoms with van der Waals surface area (Å²) in [6.07, 6.45) is 8.50. The lowest BCUT2D eigenvalue weighted by atomic mass is 9.96. The highest BCUT2D eigenvalue weighted by Gasteiger charge is 2.25. The van der Waals surface area contributed by atoms with Crippen LogP contribution in [0.1, 0.15) is 29.6 Å². The molecule has 2 aliphatic heterocycles. The maximum absolute atomic E-state index is 12.8. The van der Waals surface area contributed by atoms with Crippen LogP contribution in [0, 0.1) is 11.8 Å². The lowest BCUT2D eigenvalue weighted by molar-refractivity contribution is 0.0681. The summed E-state index contributed by atoms with van der Waals surface area (Å²) in [7, 11) is 0. The summed E-state index contributed by atoms with van der Waals surface area (Å²) in [4.78, 5) is 21.4. The molecule has 7 heteroatoms. The summed E-state index contributed by atoms with van der Waals surface area (Å²) in [6.45, 7) is 4.48. The number of aromatic nitrogens is 3. The van der Waals surface area contributed by atoms with E-state index in [1.165, 1.54) is 0 Å². The molecule has 4 heterocycles. The van der Waals surface area contributed by atoms with Gasteiger partial charge in [0, 0.05) is 63.8 Å². The topological polar surface area (TPSA) is 74.5 Å². The number of rotatable bonds is 5. The number of hydrogen-bond acceptors (Lipinski definition) is 5. The van der Waals surface area contributed by atoms with E-state index in [2.05, 4.69) is 15.0 Å². The van der Waals surface area contributed by atoms with Gasteiger partial charge in [-0.1, -0.05) is 0 Å². The lowest BCUT2D eigenvalue weighted by Gasteiger charge is -2.32. The molecule has 1 atom stereocenters. The first kappa shape index (κ1) is 18.0. The van der Waals surface area contributed by atoms with Crippen molar-refractivity contribution in [2.24, 2.45) is 11.8 Å². The van der Waals surface area contributed by atoms with Gasteiger partial charge in [0.1, 0.15) is 5.82 Å². The van der Waals surface area contributed by atoms with Gasteiger partial charge in [0.15, 0.2) is 0 Å². The van der Waals surface area contributed by atoms with E-state index in [0.29, 0.717) is 17.4 Å². The first-order chi connectivity index (χ1) is 13.2. The van der Waals surface area contributed by atoms with Crippen molar-refractivity contribution < 1.29 is 9.90 Å². The zero-order chi connectivity index (χ0) is 18.6. The average Bonchev–Trinajstić information content (AvgIpc) is 3.40. The van der Waals surface area contributed by atoms with E-state index < -0.39 is 0 Å². The molecule has 0 saturated carbocycles. The Bertz CT molecular complexity index is 738. The van der Waals surface area contributed by atoms with E-state index in [1.807, 2.05) is 34.0 Å². The Morgan fingerprint density at radius 1 is 1.15 bits per heavy atom. The molecule has 0 bridgehead atoms. The first-order valence-electron chi connectivity index (χ1n) is 9.81. The fraction of sp³-hybridized carbons (Fsp3) is 0.550. The number of aliphatic hydroxyl groups excluding tert-OH is 1. The summed E-state index contributed by atoms with van der Waals surface area (Å²) in [6, 6.07) is 5.76. The molecule has 2 aromatic rings. The lowest BCUT2D eigenvalue weighted by Crippen LogP contribution is -2.39. The molecule has 0 radical (unpaired) electrons. The molecule has 2 saturated heterocycles. The normalized spacial score (nSPS) is 21.0. The van der Waals surface area contributed by atoms with Gasteiger partial charge in [0.2, 0.25) is 0 Å². The van der Waals surface area contributed by atoms with Crippen molar-refractivity contribution in [3.63, 3.8) is 0 Å². The second kappa shape index (κ2) is 8.08. The average molecular weight is 369 g/mol. The zero-order valence-electron chi connectivity index (χ0n) is 15.6. The van der Waals surface area contributed by atoms with Crippen LogP contribution in [0.3, 0.4) is 0 Å². The Morgan fingerprint density at radius 3 is 2.59 bits per heavy atom. The molecule has 0 aliphatic carbocycles. The van der Waals surface area contributed by atoms with Crippen LogP contribution in [0.2, 0.25) is 0 Å². The maximum atomic E-state index is 12.8. The van der Waals surface area contributed by atoms with E-state index in [9.17, 15) is 9.90 Å². The molecule has 27 heavy (non-hydrogen) atoms. The van der Waals surface area contributed by atoms with Crippen LogP contribution in [0.15, 0.2) is 36.8 Å². The number of nitrogens with zero attached hydrogens (tertiary/aromatic N) is 5. The third-order valence-electron chi connectivity index (χ3n) is 5.77. The monoisotopic (exact) mass is 369 g/mol. The van der Waals surface area contributed by atoms with Crippen molar-refractivity contribution in [2.45, 2.75) is 25.8 Å². The molecular weight excluding hydrogens is 342 g/mol. The van der Waals surface area contributed by atoms with Gasteiger partial charge in [-0.15, -0.1) is 0 Å². The molecular formula is C20H27N5O2. The zero-order valence-corrected chi connectivity index (χ0v) is 15.6. The molecule has 0 spiro atoms. The number of amides is 1. The minimum absolute atomic E-state index is 0.0706. The number of anilines is 1. The van der Waals surface area contributed by atoms with Crippen molar-refractivity contribution in [3.8, 4) is 0 Å². The Balaban J connectivity index is 1.31. The van der Waals surface area contributed by atoms with Gasteiger partial charge in [-0.25, -0.2) is 4.98 Å². The number of carbonyl (C=O) groups is 1. The van der Waals surface area contributed by atoms with Crippen LogP contribution in [-0.4, -0.2) is 63.5 Å². The van der Waals surface area contributed by atoms with Crippen molar-refractivity contribution >= 4 is 11.7 Å². The highest BCUT2D eigenvalue weighted by molar-refractivity contribution is 5.94. The maximum Gasteiger partial charge on any atom is 0.255 e. The molecule has 1 unspecified atom stereocenters. The highest BCUT2D eigenvalue weighted by Crippen LogP contribution is 2.23. The van der Waals surface area contributed by atoms with Crippen LogP contribution in [0.5, 0.6) is 0 Å². The largest absolute Gasteiger partial charge is 0.396 e. The third kappa shape index (κ3) is 4.13. The molecule has 4 rings (SSSR count). The van der Waals surface area contributed by atoms with Crippen LogP contribution in [-0.2, 0) is 6.54 Å². The van der Waals surface area contributed by atoms with E-state index in [0.717, 1.165) is 57.8 Å². The molecule has 0 aromatic carbocycles. The Kier molecular flexibility index (Phi) is 5.38. The number of pyridine rings is 1. The number of likely N-dealkylation sites (tertiary alicyclic amines) is 1. The van der Waals surface area contributed by atoms with Gasteiger partial charge in [-0.2, -0.15) is 5.10 Å². The first-order valence-corrected chi connectivity index (χ1v) is 9.81. The van der Waals surface area contributed by atoms with E-state index >= 15 is 0 Å². The number of piperidine rings is 1. The summed E-state index contributed by atoms with van der Waals surface area (Å²) < 4.78 is 1.98. The van der Waals surface area contributed by atoms with Crippen molar-refractivity contribution in [1.82, 2.24) is 19.7 Å². The molecule has 7 nitrogen and oxygen atoms in total. The SMILES string of the molecule is O=C(c1ccc(N2CCC(CO)C2)nc1)N1CCC(Cn2cccn2)CC1. The predicted molar refractivity (Wildman–Crippen MR) is 102 cm³/mol. The molecule has 1 N–H and O–H groups in total. The Labute approximate surface area is 159 Å². The van der Waals surface area contributed by atoms with Gasteiger partial charge in [-0.3, -0.25) is 9.48 Å². The van der Waals surface area contributed by atoms with Crippen molar-refractivity contribution in [2.75, 3.05) is 37.7 Å². The predicted octanol–water partition coefficient (Wildman–Crippen LogP) is 1.65. The van der Waals surface area contributed by atoms with E-state index in [1.54, 1.807) is 12.4 Å². The number of carbonyl (C=O) groups excluding carboxylic acids is 1. The molecule has 2 aliphatic rings. The number of aliphatic hydroxyl groups is 1. The van der Waals surface area contributed by atoms with Crippen LogP contribution >= 0.6 is 0 Å². The van der Waals surface area contributed by atoms with Crippen LogP contribution in [0.25, 0.3) is 0 Å². The minimum Gasteiger partial charge on any atom is -0.396 e. The van der Waals surface area contributed by atoms with Gasteiger partial charge in [0.25, 0.3) is 5.91 Å². The van der Waals surface area contributed by atoms with E-state index in [4.69, 9.17) is 0 Å². The summed E-state index contributed by atoms with van der Waals surface area (Å²) in [5, 5.41) is 13.6. The highest BCUT2D eigenvalue weighted by atomic mass is 16.3. The molecule has 1 amide bonds. The second-order valence-electron chi connectivity index (χ2n) is 7.65. The van der Waals surface area contributed by atoms with Crippen molar-refractivity contribution in [1.29, 1.82) is 0 Å². The standard InChI is InChI=1S/C20H27N5O2/c26-15-17-6-11-24(13-17)19-3-2-18(12-21-19)20(27)23-9-4-16(5-10-23)14-25-8-1-7-22-25/h1-3,7-8,12,16-17,26H,4-6,9-11,13-15H2. The minimum atomic E-state index is 0.0706. The quantitative estimate of drug-likeness (QED) is 0.867. The molecule has 2 fully saturated rings. The fourth-order valence-corrected chi connectivity index (χ4v) is 4.06. The van der Waals surface area contributed by atoms with Gasteiger partial charge < -0.3 is 14.9 Å². The summed E-state index contributed by atoms with van der Waals surface area (Å²) in [5.41, 5.74) is 0.655. The van der Waals surface area contributed by atoms with Crippen molar-refractivity contribution in [3.05, 3.63) is 42.4 Å². The Morgan fingerprint density at radius 2 is 1.96 bits per heavy atom. The molecule has 2 aromatic heterocycles. The Hall–Kier alpha value is -2.41. The van der Waals surface area contributed by atoms with E-state index in [-0.39, 0.29) is 12.5 Å². The van der Waals surface area contributed by atoms with Gasteiger partial charge >= 0.3 is 0 Å². The third-order valence-corrected chi connectivity index (χ3v) is 5.77. The second-order valence-corrected chi connectivity index (χ2v) is 7.65. The number of hydrogen-bond donors (Lipinski definition) is 1. The van der Waals surface area contributed by atoms with Gasteiger partial charge in [-0.05, 0) is 43.4 Å². The smallest absolute Gasteiger partial charge is 0.255 e. The molecule has 144 valence electrons.